The van der Waals surface area contributed by atoms with Crippen LogP contribution in [-0.4, -0.2) is 16.1 Å². The third-order valence-corrected chi connectivity index (χ3v) is 3.81. The van der Waals surface area contributed by atoms with Gasteiger partial charge < -0.3 is 9.88 Å². The van der Waals surface area contributed by atoms with E-state index in [4.69, 9.17) is 0 Å². The summed E-state index contributed by atoms with van der Waals surface area (Å²) in [5.41, 5.74) is 0. The fourth-order valence-electron chi connectivity index (χ4n) is 1.45. The Kier molecular flexibility index (Phi) is 4.01. The Hall–Kier alpha value is -0.810. The fourth-order valence-corrected chi connectivity index (χ4v) is 2.93. The van der Waals surface area contributed by atoms with Gasteiger partial charge in [0.2, 0.25) is 5.95 Å². The van der Waals surface area contributed by atoms with Crippen LogP contribution in [0, 0.1) is 0 Å². The van der Waals surface area contributed by atoms with Crippen molar-refractivity contribution in [2.75, 3.05) is 11.9 Å². The molecule has 2 heterocycles. The summed E-state index contributed by atoms with van der Waals surface area (Å²) in [6, 6.07) is 4.22. The van der Waals surface area contributed by atoms with Gasteiger partial charge in [0, 0.05) is 23.8 Å². The highest BCUT2D eigenvalue weighted by molar-refractivity contribution is 9.11. The number of nitrogens with zero attached hydrogens (tertiary/aromatic N) is 2. The first kappa shape index (κ1) is 11.7. The molecule has 0 aliphatic rings. The van der Waals surface area contributed by atoms with Crippen molar-refractivity contribution in [2.45, 2.75) is 19.9 Å². The van der Waals surface area contributed by atoms with Gasteiger partial charge in [-0.2, -0.15) is 0 Å². The maximum atomic E-state index is 4.30. The van der Waals surface area contributed by atoms with Crippen LogP contribution in [0.15, 0.2) is 28.3 Å². The van der Waals surface area contributed by atoms with E-state index in [-0.39, 0.29) is 0 Å². The van der Waals surface area contributed by atoms with E-state index < -0.39 is 0 Å². The molecule has 1 N–H and O–H groups in total. The molecule has 0 atom stereocenters. The molecule has 0 aromatic carbocycles. The number of nitrogens with one attached hydrogen (secondary N) is 1. The number of anilines is 1. The van der Waals surface area contributed by atoms with E-state index in [2.05, 4.69) is 49.9 Å². The molecule has 0 bridgehead atoms. The van der Waals surface area contributed by atoms with Crippen molar-refractivity contribution in [1.29, 1.82) is 0 Å². The molecule has 2 aromatic heterocycles. The predicted octanol–water partition coefficient (Wildman–Crippen LogP) is 3.58. The van der Waals surface area contributed by atoms with E-state index in [0.29, 0.717) is 0 Å². The van der Waals surface area contributed by atoms with Gasteiger partial charge in [-0.3, -0.25) is 0 Å². The second kappa shape index (κ2) is 5.50. The van der Waals surface area contributed by atoms with E-state index in [1.165, 1.54) is 8.66 Å². The van der Waals surface area contributed by atoms with E-state index in [1.807, 2.05) is 12.4 Å². The minimum Gasteiger partial charge on any atom is -0.356 e. The molecule has 0 radical (unpaired) electrons. The molecule has 16 heavy (non-hydrogen) atoms. The maximum Gasteiger partial charge on any atom is 0.203 e. The molecule has 0 saturated heterocycles. The second-order valence-corrected chi connectivity index (χ2v) is 6.06. The molecule has 0 saturated carbocycles. The van der Waals surface area contributed by atoms with Gasteiger partial charge in [-0.1, -0.05) is 6.92 Å². The minimum atomic E-state index is 0.877. The summed E-state index contributed by atoms with van der Waals surface area (Å²) in [5, 5.41) is 3.31. The Balaban J connectivity index is 2.06. The Bertz CT molecular complexity index is 450. The van der Waals surface area contributed by atoms with Gasteiger partial charge in [-0.05, 0) is 34.5 Å². The number of hydrogen-bond donors (Lipinski definition) is 1. The maximum absolute atomic E-state index is 4.30. The van der Waals surface area contributed by atoms with Gasteiger partial charge in [0.1, 0.15) is 0 Å². The second-order valence-electron chi connectivity index (χ2n) is 3.51. The molecule has 0 spiro atoms. The molecular formula is C11H14BrN3S. The standard InChI is InChI=1S/C11H14BrN3S/c1-2-5-13-11-14-6-7-15(11)8-9-3-4-10(12)16-9/h3-4,6-7H,2,5,8H2,1H3,(H,13,14). The molecule has 3 nitrogen and oxygen atoms in total. The summed E-state index contributed by atoms with van der Waals surface area (Å²) in [4.78, 5) is 5.62. The summed E-state index contributed by atoms with van der Waals surface area (Å²) in [7, 11) is 0. The summed E-state index contributed by atoms with van der Waals surface area (Å²) >= 11 is 5.23. The number of thiophene rings is 1. The van der Waals surface area contributed by atoms with Crippen molar-refractivity contribution in [3.05, 3.63) is 33.2 Å². The summed E-state index contributed by atoms with van der Waals surface area (Å²) in [6.07, 6.45) is 4.95. The van der Waals surface area contributed by atoms with E-state index >= 15 is 0 Å². The van der Waals surface area contributed by atoms with Crippen LogP contribution in [0.4, 0.5) is 5.95 Å². The number of rotatable bonds is 5. The van der Waals surface area contributed by atoms with Crippen molar-refractivity contribution >= 4 is 33.2 Å². The zero-order valence-electron chi connectivity index (χ0n) is 9.11. The highest BCUT2D eigenvalue weighted by Gasteiger charge is 2.04. The number of aromatic nitrogens is 2. The first-order valence-corrected chi connectivity index (χ1v) is 6.89. The zero-order valence-corrected chi connectivity index (χ0v) is 11.5. The number of imidazole rings is 1. The quantitative estimate of drug-likeness (QED) is 0.914. The monoisotopic (exact) mass is 299 g/mol. The SMILES string of the molecule is CCCNc1nccn1Cc1ccc(Br)s1. The molecule has 0 aliphatic carbocycles. The van der Waals surface area contributed by atoms with Crippen LogP contribution in [0.1, 0.15) is 18.2 Å². The lowest BCUT2D eigenvalue weighted by atomic mass is 10.4. The third kappa shape index (κ3) is 2.86. The van der Waals surface area contributed by atoms with Gasteiger partial charge in [0.25, 0.3) is 0 Å². The Labute approximate surface area is 108 Å². The average molecular weight is 300 g/mol. The molecule has 0 unspecified atom stereocenters. The fraction of sp³-hybridized carbons (Fsp3) is 0.364. The summed E-state index contributed by atoms with van der Waals surface area (Å²) in [5.74, 6) is 0.950. The molecule has 0 aliphatic heterocycles. The minimum absolute atomic E-state index is 0.877. The lowest BCUT2D eigenvalue weighted by Crippen LogP contribution is -2.08. The topological polar surface area (TPSA) is 29.9 Å². The first-order chi connectivity index (χ1) is 7.79. The van der Waals surface area contributed by atoms with Gasteiger partial charge in [0.15, 0.2) is 0 Å². The van der Waals surface area contributed by atoms with Gasteiger partial charge in [-0.15, -0.1) is 11.3 Å². The lowest BCUT2D eigenvalue weighted by molar-refractivity contribution is 0.804. The van der Waals surface area contributed by atoms with E-state index in [1.54, 1.807) is 11.3 Å². The molecule has 0 fully saturated rings. The first-order valence-electron chi connectivity index (χ1n) is 5.29. The molecule has 2 rings (SSSR count). The smallest absolute Gasteiger partial charge is 0.203 e. The molecular weight excluding hydrogens is 286 g/mol. The highest BCUT2D eigenvalue weighted by atomic mass is 79.9. The van der Waals surface area contributed by atoms with Crippen LogP contribution >= 0.6 is 27.3 Å². The molecule has 86 valence electrons. The molecule has 5 heteroatoms. The molecule has 0 amide bonds. The lowest BCUT2D eigenvalue weighted by Gasteiger charge is -2.07. The third-order valence-electron chi connectivity index (χ3n) is 2.20. The van der Waals surface area contributed by atoms with Crippen LogP contribution in [0.25, 0.3) is 0 Å². The van der Waals surface area contributed by atoms with Crippen LogP contribution in [0.2, 0.25) is 0 Å². The van der Waals surface area contributed by atoms with Crippen molar-refractivity contribution in [1.82, 2.24) is 9.55 Å². The highest BCUT2D eigenvalue weighted by Crippen LogP contribution is 2.23. The largest absolute Gasteiger partial charge is 0.356 e. The summed E-state index contributed by atoms with van der Waals surface area (Å²) < 4.78 is 3.30. The Morgan fingerprint density at radius 3 is 3.06 bits per heavy atom. The van der Waals surface area contributed by atoms with Gasteiger partial charge >= 0.3 is 0 Å². The van der Waals surface area contributed by atoms with Crippen molar-refractivity contribution in [3.8, 4) is 0 Å². The average Bonchev–Trinajstić information content (AvgIpc) is 2.86. The normalized spacial score (nSPS) is 10.6. The van der Waals surface area contributed by atoms with Crippen LogP contribution in [-0.2, 0) is 6.54 Å². The van der Waals surface area contributed by atoms with Crippen molar-refractivity contribution < 1.29 is 0 Å². The van der Waals surface area contributed by atoms with Crippen LogP contribution < -0.4 is 5.32 Å². The Morgan fingerprint density at radius 2 is 2.38 bits per heavy atom. The predicted molar refractivity (Wildman–Crippen MR) is 72.1 cm³/mol. The van der Waals surface area contributed by atoms with Crippen LogP contribution in [0.3, 0.4) is 0 Å². The van der Waals surface area contributed by atoms with Crippen molar-refractivity contribution in [2.24, 2.45) is 0 Å². The van der Waals surface area contributed by atoms with Crippen molar-refractivity contribution in [3.63, 3.8) is 0 Å². The number of hydrogen-bond acceptors (Lipinski definition) is 3. The Morgan fingerprint density at radius 1 is 1.50 bits per heavy atom. The zero-order chi connectivity index (χ0) is 11.4. The van der Waals surface area contributed by atoms with Gasteiger partial charge in [0.05, 0.1) is 10.3 Å². The van der Waals surface area contributed by atoms with Crippen LogP contribution in [0.5, 0.6) is 0 Å². The summed E-state index contributed by atoms with van der Waals surface area (Å²) in [6.45, 7) is 3.99. The van der Waals surface area contributed by atoms with E-state index in [0.717, 1.165) is 25.5 Å². The molecule has 2 aromatic rings. The van der Waals surface area contributed by atoms with E-state index in [9.17, 15) is 0 Å². The number of halogens is 1. The van der Waals surface area contributed by atoms with Gasteiger partial charge in [-0.25, -0.2) is 4.98 Å².